The molecule has 0 aliphatic carbocycles. The molecule has 8 rings (SSSR count). The zero-order valence-electron chi connectivity index (χ0n) is 28.7. The topological polar surface area (TPSA) is 96.1 Å². The van der Waals surface area contributed by atoms with Gasteiger partial charge in [0.25, 0.3) is 11.8 Å². The molecule has 0 unspecified atom stereocenters. The number of aromatic nitrogens is 3. The number of fused-ring (bicyclic) bond motifs is 2. The number of rotatable bonds is 7. The Morgan fingerprint density at radius 1 is 0.941 bits per heavy atom. The van der Waals surface area contributed by atoms with Crippen LogP contribution in [0.5, 0.6) is 5.75 Å². The van der Waals surface area contributed by atoms with Crippen LogP contribution in [0.3, 0.4) is 0 Å². The Bertz CT molecular complexity index is 2080. The molecule has 2 aromatic heterocycles. The largest absolute Gasteiger partial charge is 0.508 e. The molecule has 3 aromatic carbocycles. The molecular formula is C40H41ClN6O4. The maximum absolute atomic E-state index is 14.9. The van der Waals surface area contributed by atoms with Crippen molar-refractivity contribution in [2.75, 3.05) is 37.7 Å². The van der Waals surface area contributed by atoms with Gasteiger partial charge < -0.3 is 19.3 Å². The number of ether oxygens (including phenoxy) is 1. The summed E-state index contributed by atoms with van der Waals surface area (Å²) in [6, 6.07) is 24.2. The van der Waals surface area contributed by atoms with Crippen molar-refractivity contribution in [2.24, 2.45) is 7.05 Å². The highest BCUT2D eigenvalue weighted by Gasteiger charge is 2.35. The monoisotopic (exact) mass is 704 g/mol. The average molecular weight is 705 g/mol. The van der Waals surface area contributed by atoms with E-state index in [9.17, 15) is 14.7 Å². The van der Waals surface area contributed by atoms with Gasteiger partial charge in [-0.3, -0.25) is 24.1 Å². The molecule has 1 atom stereocenters. The lowest BCUT2D eigenvalue weighted by molar-refractivity contribution is 0.0193. The van der Waals surface area contributed by atoms with Crippen molar-refractivity contribution in [1.82, 2.24) is 24.1 Å². The second kappa shape index (κ2) is 14.0. The molecule has 0 radical (unpaired) electrons. The zero-order valence-corrected chi connectivity index (χ0v) is 29.4. The van der Waals surface area contributed by atoms with E-state index in [4.69, 9.17) is 16.3 Å². The number of hydrogen-bond acceptors (Lipinski definition) is 6. The third kappa shape index (κ3) is 6.55. The Morgan fingerprint density at radius 3 is 2.49 bits per heavy atom. The number of phenolic OH excluding ortho intramolecular Hbond substituents is 1. The van der Waals surface area contributed by atoms with E-state index in [1.807, 2.05) is 36.2 Å². The molecule has 5 aromatic rings. The molecule has 11 heteroatoms. The van der Waals surface area contributed by atoms with Gasteiger partial charge in [-0.25, -0.2) is 0 Å². The van der Waals surface area contributed by atoms with Gasteiger partial charge in [-0.05, 0) is 85.3 Å². The summed E-state index contributed by atoms with van der Waals surface area (Å²) in [5.74, 6) is 0.302. The van der Waals surface area contributed by atoms with Crippen molar-refractivity contribution in [2.45, 2.75) is 44.8 Å². The molecular weight excluding hydrogens is 664 g/mol. The van der Waals surface area contributed by atoms with E-state index in [1.165, 1.54) is 5.56 Å². The second-order valence-electron chi connectivity index (χ2n) is 13.7. The summed E-state index contributed by atoms with van der Waals surface area (Å²) in [6.07, 6.45) is 5.21. The Kier molecular flexibility index (Phi) is 9.14. The van der Waals surface area contributed by atoms with Gasteiger partial charge in [0, 0.05) is 85.6 Å². The summed E-state index contributed by atoms with van der Waals surface area (Å²) in [6.45, 7) is 5.10. The van der Waals surface area contributed by atoms with E-state index in [0.29, 0.717) is 53.0 Å². The van der Waals surface area contributed by atoms with Crippen LogP contribution in [0.25, 0.3) is 11.3 Å². The van der Waals surface area contributed by atoms with Crippen LogP contribution in [0.2, 0.25) is 5.02 Å². The molecule has 0 bridgehead atoms. The summed E-state index contributed by atoms with van der Waals surface area (Å²) in [4.78, 5) is 35.6. The van der Waals surface area contributed by atoms with Gasteiger partial charge in [-0.1, -0.05) is 35.9 Å². The predicted molar refractivity (Wildman–Crippen MR) is 197 cm³/mol. The van der Waals surface area contributed by atoms with Gasteiger partial charge in [-0.15, -0.1) is 0 Å². The predicted octanol–water partition coefficient (Wildman–Crippen LogP) is 6.46. The quantitative estimate of drug-likeness (QED) is 0.209. The van der Waals surface area contributed by atoms with Crippen LogP contribution in [0.1, 0.15) is 50.4 Å². The minimum Gasteiger partial charge on any atom is -0.508 e. The van der Waals surface area contributed by atoms with Crippen molar-refractivity contribution in [1.29, 1.82) is 0 Å². The molecule has 1 N–H and O–H groups in total. The third-order valence-electron chi connectivity index (χ3n) is 10.4. The van der Waals surface area contributed by atoms with E-state index >= 15 is 0 Å². The summed E-state index contributed by atoms with van der Waals surface area (Å²) < 4.78 is 9.48. The van der Waals surface area contributed by atoms with Crippen LogP contribution in [0.15, 0.2) is 85.1 Å². The fraction of sp³-hybridized carbons (Fsp3) is 0.325. The van der Waals surface area contributed by atoms with Crippen molar-refractivity contribution in [3.8, 4) is 17.0 Å². The van der Waals surface area contributed by atoms with Crippen LogP contribution in [0, 0.1) is 0 Å². The lowest BCUT2D eigenvalue weighted by Gasteiger charge is -2.40. The molecule has 2 amide bonds. The number of hydrogen-bond donors (Lipinski definition) is 1. The maximum atomic E-state index is 14.9. The van der Waals surface area contributed by atoms with Gasteiger partial charge in [0.05, 0.1) is 24.5 Å². The van der Waals surface area contributed by atoms with E-state index in [2.05, 4.69) is 32.8 Å². The number of benzene rings is 3. The SMILES string of the molecule is Cn1ccc(N(C(=O)c2cc(-c3cc(Cl)ccc3C(=O)N3Cc4ccccc4C[C@H]3CN3CCOCC3)n3c2CCCC3)c2ccc(O)cc2)n1. The molecule has 3 aliphatic heterocycles. The number of amides is 2. The first-order valence-corrected chi connectivity index (χ1v) is 18.0. The number of carbonyl (C=O) groups excluding carboxylic acids is 2. The Labute approximate surface area is 302 Å². The molecule has 10 nitrogen and oxygen atoms in total. The van der Waals surface area contributed by atoms with Crippen LogP contribution in [-0.4, -0.2) is 80.0 Å². The number of morpholine rings is 1. The second-order valence-corrected chi connectivity index (χ2v) is 14.1. The first-order chi connectivity index (χ1) is 24.8. The van der Waals surface area contributed by atoms with Gasteiger partial charge in [0.15, 0.2) is 5.82 Å². The zero-order chi connectivity index (χ0) is 35.1. The highest BCUT2D eigenvalue weighted by Crippen LogP contribution is 2.38. The Balaban J connectivity index is 1.20. The Morgan fingerprint density at radius 2 is 1.73 bits per heavy atom. The third-order valence-corrected chi connectivity index (χ3v) is 10.6. The van der Waals surface area contributed by atoms with Crippen molar-refractivity contribution in [3.05, 3.63) is 118 Å². The summed E-state index contributed by atoms with van der Waals surface area (Å²) >= 11 is 6.70. The normalized spacial score (nSPS) is 17.5. The first kappa shape index (κ1) is 33.3. The number of aryl methyl sites for hydroxylation is 1. The number of anilines is 2. The number of carbonyl (C=O) groups is 2. The number of phenols is 1. The smallest absolute Gasteiger partial charge is 0.265 e. The van der Waals surface area contributed by atoms with Gasteiger partial charge in [-0.2, -0.15) is 5.10 Å². The number of nitrogens with zero attached hydrogens (tertiary/aromatic N) is 6. The van der Waals surface area contributed by atoms with Gasteiger partial charge >= 0.3 is 0 Å². The van der Waals surface area contributed by atoms with Crippen LogP contribution < -0.4 is 4.90 Å². The fourth-order valence-corrected chi connectivity index (χ4v) is 7.99. The van der Waals surface area contributed by atoms with Crippen molar-refractivity contribution < 1.29 is 19.4 Å². The minimum absolute atomic E-state index is 0.00960. The number of aromatic hydroxyl groups is 1. The molecule has 51 heavy (non-hydrogen) atoms. The summed E-state index contributed by atoms with van der Waals surface area (Å²) in [5.41, 5.74) is 6.60. The van der Waals surface area contributed by atoms with Gasteiger partial charge in [0.2, 0.25) is 0 Å². The molecule has 1 fully saturated rings. The Hall–Kier alpha value is -4.90. The molecule has 262 valence electrons. The maximum Gasteiger partial charge on any atom is 0.265 e. The van der Waals surface area contributed by atoms with E-state index in [-0.39, 0.29) is 23.6 Å². The average Bonchev–Trinajstić information content (AvgIpc) is 3.76. The molecule has 0 spiro atoms. The molecule has 1 saturated heterocycles. The van der Waals surface area contributed by atoms with E-state index in [0.717, 1.165) is 68.8 Å². The van der Waals surface area contributed by atoms with E-state index < -0.39 is 0 Å². The van der Waals surface area contributed by atoms with Crippen LogP contribution in [0.4, 0.5) is 11.5 Å². The van der Waals surface area contributed by atoms with Crippen LogP contribution >= 0.6 is 11.6 Å². The van der Waals surface area contributed by atoms with Crippen LogP contribution in [-0.2, 0) is 37.7 Å². The number of halogens is 1. The fourth-order valence-electron chi connectivity index (χ4n) is 7.82. The molecule has 0 saturated carbocycles. The summed E-state index contributed by atoms with van der Waals surface area (Å²) in [5, 5.41) is 15.1. The lowest BCUT2D eigenvalue weighted by Crippen LogP contribution is -2.52. The lowest BCUT2D eigenvalue weighted by atomic mass is 9.92. The van der Waals surface area contributed by atoms with Gasteiger partial charge in [0.1, 0.15) is 5.75 Å². The minimum atomic E-state index is -0.232. The standard InChI is InChI=1S/C40H41ClN6O4/c1-43-17-15-38(42-43)47(30-10-12-32(48)13-11-30)40(50)35-24-37(45-16-5-4-8-36(35)45)34-23-29(41)9-14-33(34)39(49)46-25-28-7-3-2-6-27(28)22-31(46)26-44-18-20-51-21-19-44/h2-3,6-7,9-15,17,23-24,31,48H,4-5,8,16,18-22,25-26H2,1H3/t31-/m0/s1. The summed E-state index contributed by atoms with van der Waals surface area (Å²) in [7, 11) is 1.81. The van der Waals surface area contributed by atoms with Crippen molar-refractivity contribution >= 4 is 34.9 Å². The van der Waals surface area contributed by atoms with E-state index in [1.54, 1.807) is 52.2 Å². The highest BCUT2D eigenvalue weighted by atomic mass is 35.5. The first-order valence-electron chi connectivity index (χ1n) is 17.7. The van der Waals surface area contributed by atoms with Crippen molar-refractivity contribution in [3.63, 3.8) is 0 Å². The molecule has 5 heterocycles. The molecule has 3 aliphatic rings. The highest BCUT2D eigenvalue weighted by molar-refractivity contribution is 6.31.